The van der Waals surface area contributed by atoms with E-state index in [2.05, 4.69) is 10.6 Å². The maximum Gasteiger partial charge on any atom is 0.335 e. The number of imide groups is 1. The van der Waals surface area contributed by atoms with Crippen molar-refractivity contribution >= 4 is 35.6 Å². The zero-order valence-corrected chi connectivity index (χ0v) is 18.2. The van der Waals surface area contributed by atoms with E-state index in [9.17, 15) is 19.2 Å². The van der Waals surface area contributed by atoms with Crippen molar-refractivity contribution in [2.45, 2.75) is 13.3 Å². The summed E-state index contributed by atoms with van der Waals surface area (Å²) < 4.78 is 5.70. The number of carboxylic acid groups (broad SMARTS) is 1. The van der Waals surface area contributed by atoms with Crippen molar-refractivity contribution < 1.29 is 28.7 Å². The Bertz CT molecular complexity index is 1320. The van der Waals surface area contributed by atoms with Gasteiger partial charge < -0.3 is 20.2 Å². The van der Waals surface area contributed by atoms with Crippen molar-refractivity contribution in [2.75, 3.05) is 11.9 Å². The molecule has 4 amide bonds. The fraction of sp³-hybridized carbons (Fsp3) is 0.120. The summed E-state index contributed by atoms with van der Waals surface area (Å²) in [6.45, 7) is 1.52. The lowest BCUT2D eigenvalue weighted by molar-refractivity contribution is -0.127. The molecule has 3 N–H and O–H groups in total. The average molecular weight is 459 g/mol. The summed E-state index contributed by atoms with van der Waals surface area (Å²) in [5.74, 6) is -1.53. The number of anilines is 1. The summed E-state index contributed by atoms with van der Waals surface area (Å²) in [6, 6.07) is 16.0. The zero-order valence-electron chi connectivity index (χ0n) is 18.2. The Hall–Kier alpha value is -4.66. The number of amides is 4. The highest BCUT2D eigenvalue weighted by Crippen LogP contribution is 2.25. The van der Waals surface area contributed by atoms with Crippen LogP contribution in [-0.4, -0.2) is 40.4 Å². The van der Waals surface area contributed by atoms with Gasteiger partial charge in [-0.2, -0.15) is 0 Å². The van der Waals surface area contributed by atoms with E-state index in [1.54, 1.807) is 36.4 Å². The molecule has 0 spiro atoms. The Kier molecular flexibility index (Phi) is 6.26. The number of aryl methyl sites for hydroxylation is 1. The molecule has 1 saturated heterocycles. The van der Waals surface area contributed by atoms with E-state index in [-0.39, 0.29) is 17.0 Å². The fourth-order valence-electron chi connectivity index (χ4n) is 3.53. The van der Waals surface area contributed by atoms with E-state index in [4.69, 9.17) is 9.52 Å². The third-order valence-corrected chi connectivity index (χ3v) is 5.24. The van der Waals surface area contributed by atoms with Crippen LogP contribution in [0, 0.1) is 0 Å². The van der Waals surface area contributed by atoms with E-state index in [0.29, 0.717) is 17.0 Å². The van der Waals surface area contributed by atoms with Crippen LogP contribution in [0.25, 0.3) is 17.4 Å². The topological polar surface area (TPSA) is 129 Å². The van der Waals surface area contributed by atoms with E-state index in [1.807, 2.05) is 19.1 Å². The summed E-state index contributed by atoms with van der Waals surface area (Å²) in [4.78, 5) is 49.5. The molecule has 0 aliphatic carbocycles. The Balaban J connectivity index is 1.46. The van der Waals surface area contributed by atoms with E-state index in [0.717, 1.165) is 16.9 Å². The summed E-state index contributed by atoms with van der Waals surface area (Å²) in [7, 11) is 0. The number of urea groups is 1. The number of carbonyl (C=O) groups is 4. The molecule has 1 fully saturated rings. The first-order chi connectivity index (χ1) is 16.4. The monoisotopic (exact) mass is 459 g/mol. The van der Waals surface area contributed by atoms with Crippen LogP contribution in [0.5, 0.6) is 0 Å². The van der Waals surface area contributed by atoms with E-state index in [1.165, 1.54) is 18.2 Å². The van der Waals surface area contributed by atoms with Crippen LogP contribution in [0.1, 0.15) is 28.6 Å². The van der Waals surface area contributed by atoms with Gasteiger partial charge in [0.05, 0.1) is 5.56 Å². The molecule has 1 aliphatic rings. The number of aromatic carboxylic acids is 1. The molecule has 0 atom stereocenters. The van der Waals surface area contributed by atoms with Gasteiger partial charge in [-0.15, -0.1) is 0 Å². The maximum atomic E-state index is 12.7. The standard InChI is InChI=1S/C25H21N3O6/c1-2-15-6-3-4-9-19(15)26-22(29)14-28-23(30)20(27-25(28)33)13-18-10-11-21(34-18)16-7-5-8-17(12-16)24(31)32/h3-13H,2,14H2,1H3,(H,26,29)(H,27,33)(H,31,32)/b20-13-. The fourth-order valence-corrected chi connectivity index (χ4v) is 3.53. The second-order valence-electron chi connectivity index (χ2n) is 7.53. The highest BCUT2D eigenvalue weighted by molar-refractivity contribution is 6.15. The van der Waals surface area contributed by atoms with Gasteiger partial charge in [0, 0.05) is 17.3 Å². The molecule has 9 heteroatoms. The Morgan fingerprint density at radius 3 is 2.65 bits per heavy atom. The molecule has 3 aromatic rings. The number of hydrogen-bond donors (Lipinski definition) is 3. The average Bonchev–Trinajstić information content (AvgIpc) is 3.40. The van der Waals surface area contributed by atoms with Gasteiger partial charge in [-0.05, 0) is 42.3 Å². The van der Waals surface area contributed by atoms with Gasteiger partial charge >= 0.3 is 12.0 Å². The van der Waals surface area contributed by atoms with Gasteiger partial charge in [-0.1, -0.05) is 37.3 Å². The van der Waals surface area contributed by atoms with Crippen molar-refractivity contribution in [2.24, 2.45) is 0 Å². The van der Waals surface area contributed by atoms with Gasteiger partial charge in [-0.3, -0.25) is 9.59 Å². The van der Waals surface area contributed by atoms with Gasteiger partial charge in [-0.25, -0.2) is 14.5 Å². The lowest BCUT2D eigenvalue weighted by atomic mass is 10.1. The highest BCUT2D eigenvalue weighted by atomic mass is 16.4. The number of para-hydroxylation sites is 1. The number of furan rings is 1. The second kappa shape index (κ2) is 9.45. The van der Waals surface area contributed by atoms with Crippen LogP contribution < -0.4 is 10.6 Å². The first-order valence-corrected chi connectivity index (χ1v) is 10.5. The lowest BCUT2D eigenvalue weighted by Gasteiger charge is -2.13. The van der Waals surface area contributed by atoms with Gasteiger partial charge in [0.1, 0.15) is 23.8 Å². The van der Waals surface area contributed by atoms with Crippen molar-refractivity contribution in [1.29, 1.82) is 0 Å². The first kappa shape index (κ1) is 22.5. The van der Waals surface area contributed by atoms with Gasteiger partial charge in [0.25, 0.3) is 5.91 Å². The van der Waals surface area contributed by atoms with Crippen molar-refractivity contribution in [3.8, 4) is 11.3 Å². The summed E-state index contributed by atoms with van der Waals surface area (Å²) in [5.41, 5.74) is 2.20. The Morgan fingerprint density at radius 1 is 1.09 bits per heavy atom. The molecule has 1 aromatic heterocycles. The predicted molar refractivity (Wildman–Crippen MR) is 124 cm³/mol. The molecule has 0 unspecified atom stereocenters. The summed E-state index contributed by atoms with van der Waals surface area (Å²) in [6.07, 6.45) is 2.08. The predicted octanol–water partition coefficient (Wildman–Crippen LogP) is 3.74. The zero-order chi connectivity index (χ0) is 24.2. The quantitative estimate of drug-likeness (QED) is 0.365. The second-order valence-corrected chi connectivity index (χ2v) is 7.53. The molecule has 1 aliphatic heterocycles. The van der Waals surface area contributed by atoms with E-state index >= 15 is 0 Å². The van der Waals surface area contributed by atoms with E-state index < -0.39 is 30.4 Å². The van der Waals surface area contributed by atoms with Crippen molar-refractivity contribution in [1.82, 2.24) is 10.2 Å². The number of nitrogens with one attached hydrogen (secondary N) is 2. The number of carbonyl (C=O) groups excluding carboxylic acids is 3. The number of nitrogens with zero attached hydrogens (tertiary/aromatic N) is 1. The Morgan fingerprint density at radius 2 is 1.88 bits per heavy atom. The molecule has 2 aromatic carbocycles. The largest absolute Gasteiger partial charge is 0.478 e. The van der Waals surface area contributed by atoms with Crippen molar-refractivity contribution in [3.63, 3.8) is 0 Å². The smallest absolute Gasteiger partial charge is 0.335 e. The van der Waals surface area contributed by atoms with Crippen LogP contribution in [0.2, 0.25) is 0 Å². The SMILES string of the molecule is CCc1ccccc1NC(=O)CN1C(=O)N/C(=C\c2ccc(-c3cccc(C(=O)O)c3)o2)C1=O. The third-order valence-electron chi connectivity index (χ3n) is 5.24. The van der Waals surface area contributed by atoms with Crippen LogP contribution >= 0.6 is 0 Å². The van der Waals surface area contributed by atoms with Crippen molar-refractivity contribution in [3.05, 3.63) is 83.2 Å². The number of rotatable bonds is 7. The molecule has 34 heavy (non-hydrogen) atoms. The Labute approximate surface area is 194 Å². The normalized spacial score (nSPS) is 14.4. The lowest BCUT2D eigenvalue weighted by Crippen LogP contribution is -2.38. The molecule has 172 valence electrons. The highest BCUT2D eigenvalue weighted by Gasteiger charge is 2.35. The molecular weight excluding hydrogens is 438 g/mol. The molecule has 9 nitrogen and oxygen atoms in total. The molecule has 0 bridgehead atoms. The van der Waals surface area contributed by atoms with Crippen LogP contribution in [0.4, 0.5) is 10.5 Å². The molecule has 4 rings (SSSR count). The number of hydrogen-bond acceptors (Lipinski definition) is 5. The molecular formula is C25H21N3O6. The summed E-state index contributed by atoms with van der Waals surface area (Å²) in [5, 5.41) is 14.3. The van der Waals surface area contributed by atoms with Crippen LogP contribution in [0.3, 0.4) is 0 Å². The minimum atomic E-state index is -1.06. The van der Waals surface area contributed by atoms with Crippen LogP contribution in [0.15, 0.2) is 70.8 Å². The molecule has 0 radical (unpaired) electrons. The van der Waals surface area contributed by atoms with Crippen LogP contribution in [-0.2, 0) is 16.0 Å². The first-order valence-electron chi connectivity index (χ1n) is 10.5. The number of carboxylic acids is 1. The summed E-state index contributed by atoms with van der Waals surface area (Å²) >= 11 is 0. The number of benzene rings is 2. The molecule has 0 saturated carbocycles. The third kappa shape index (κ3) is 4.73. The molecule has 2 heterocycles. The van der Waals surface area contributed by atoms with Gasteiger partial charge in [0.15, 0.2) is 0 Å². The minimum Gasteiger partial charge on any atom is -0.478 e. The maximum absolute atomic E-state index is 12.7. The minimum absolute atomic E-state index is 0.0352. The van der Waals surface area contributed by atoms with Gasteiger partial charge in [0.2, 0.25) is 5.91 Å².